The van der Waals surface area contributed by atoms with Gasteiger partial charge in [0.1, 0.15) is 0 Å². The van der Waals surface area contributed by atoms with E-state index >= 15 is 0 Å². The molecule has 0 saturated carbocycles. The van der Waals surface area contributed by atoms with E-state index < -0.39 is 5.91 Å². The lowest BCUT2D eigenvalue weighted by atomic mass is 10.2. The number of carbonyl (C=O) groups excluding carboxylic acids is 1. The van der Waals surface area contributed by atoms with Gasteiger partial charge in [0.05, 0.1) is 5.56 Å². The maximum absolute atomic E-state index is 11.2. The van der Waals surface area contributed by atoms with E-state index in [1.54, 1.807) is 23.9 Å². The Morgan fingerprint density at radius 3 is 2.47 bits per heavy atom. The van der Waals surface area contributed by atoms with Crippen LogP contribution in [-0.4, -0.2) is 5.91 Å². The summed E-state index contributed by atoms with van der Waals surface area (Å²) in [5.41, 5.74) is 12.9. The van der Waals surface area contributed by atoms with Crippen molar-refractivity contribution < 1.29 is 4.79 Å². The van der Waals surface area contributed by atoms with E-state index in [1.807, 2.05) is 30.3 Å². The van der Waals surface area contributed by atoms with Crippen LogP contribution in [0.2, 0.25) is 5.02 Å². The van der Waals surface area contributed by atoms with Crippen LogP contribution in [0, 0.1) is 0 Å². The number of hydrogen-bond donors (Lipinski definition) is 2. The molecular formula is C14H13ClN2OS. The zero-order valence-corrected chi connectivity index (χ0v) is 11.7. The Kier molecular flexibility index (Phi) is 4.35. The zero-order valence-electron chi connectivity index (χ0n) is 10.1. The van der Waals surface area contributed by atoms with Gasteiger partial charge in [0.15, 0.2) is 0 Å². The molecule has 0 aliphatic heterocycles. The first-order valence-electron chi connectivity index (χ1n) is 5.63. The van der Waals surface area contributed by atoms with E-state index in [9.17, 15) is 4.79 Å². The number of hydrogen-bond acceptors (Lipinski definition) is 3. The Morgan fingerprint density at radius 1 is 1.16 bits per heavy atom. The van der Waals surface area contributed by atoms with Crippen molar-refractivity contribution in [2.45, 2.75) is 10.6 Å². The molecule has 0 atom stereocenters. The first kappa shape index (κ1) is 13.8. The smallest absolute Gasteiger partial charge is 0.250 e. The number of anilines is 1. The van der Waals surface area contributed by atoms with Crippen LogP contribution in [0.4, 0.5) is 5.69 Å². The summed E-state index contributed by atoms with van der Waals surface area (Å²) in [5.74, 6) is 0.283. The summed E-state index contributed by atoms with van der Waals surface area (Å²) in [6.07, 6.45) is 0. The highest BCUT2D eigenvalue weighted by molar-refractivity contribution is 7.98. The molecule has 2 aromatic rings. The summed E-state index contributed by atoms with van der Waals surface area (Å²) < 4.78 is 0. The van der Waals surface area contributed by atoms with E-state index in [4.69, 9.17) is 23.1 Å². The predicted octanol–water partition coefficient (Wildman–Crippen LogP) is 3.31. The fourth-order valence-corrected chi connectivity index (χ4v) is 2.60. The molecular weight excluding hydrogens is 280 g/mol. The summed E-state index contributed by atoms with van der Waals surface area (Å²) in [5, 5.41) is 0.720. The van der Waals surface area contributed by atoms with Crippen molar-refractivity contribution >= 4 is 35.0 Å². The normalized spacial score (nSPS) is 10.4. The van der Waals surface area contributed by atoms with E-state index in [0.29, 0.717) is 11.3 Å². The third kappa shape index (κ3) is 3.66. The van der Waals surface area contributed by atoms with Gasteiger partial charge < -0.3 is 11.5 Å². The average Bonchev–Trinajstić information content (AvgIpc) is 2.39. The fraction of sp³-hybridized carbons (Fsp3) is 0.0714. The maximum Gasteiger partial charge on any atom is 0.250 e. The number of primary amides is 1. The molecule has 0 bridgehead atoms. The van der Waals surface area contributed by atoms with Crippen LogP contribution in [0.1, 0.15) is 15.9 Å². The molecule has 2 aromatic carbocycles. The van der Waals surface area contributed by atoms with Crippen LogP contribution in [0.3, 0.4) is 0 Å². The number of nitrogens with two attached hydrogens (primary N) is 2. The lowest BCUT2D eigenvalue weighted by Gasteiger charge is -2.06. The van der Waals surface area contributed by atoms with Gasteiger partial charge >= 0.3 is 0 Å². The summed E-state index contributed by atoms with van der Waals surface area (Å²) in [4.78, 5) is 12.2. The summed E-state index contributed by atoms with van der Waals surface area (Å²) >= 11 is 7.44. The maximum atomic E-state index is 11.2. The van der Waals surface area contributed by atoms with Crippen molar-refractivity contribution in [1.82, 2.24) is 0 Å². The molecule has 0 aliphatic carbocycles. The molecule has 0 heterocycles. The lowest BCUT2D eigenvalue weighted by Crippen LogP contribution is -2.13. The van der Waals surface area contributed by atoms with Crippen molar-refractivity contribution in [3.8, 4) is 0 Å². The summed E-state index contributed by atoms with van der Waals surface area (Å²) in [6, 6.07) is 13.0. The summed E-state index contributed by atoms with van der Waals surface area (Å²) in [6.45, 7) is 0. The molecule has 0 unspecified atom stereocenters. The van der Waals surface area contributed by atoms with E-state index in [-0.39, 0.29) is 0 Å². The molecule has 0 radical (unpaired) electrons. The minimum Gasteiger partial charge on any atom is -0.398 e. The first-order chi connectivity index (χ1) is 9.06. The van der Waals surface area contributed by atoms with Crippen LogP contribution >= 0.6 is 23.4 Å². The summed E-state index contributed by atoms with van der Waals surface area (Å²) in [7, 11) is 0. The van der Waals surface area contributed by atoms with Crippen LogP contribution in [0.25, 0.3) is 0 Å². The van der Waals surface area contributed by atoms with Gasteiger partial charge in [-0.1, -0.05) is 23.7 Å². The number of halogens is 1. The van der Waals surface area contributed by atoms with Crippen molar-refractivity contribution in [3.05, 3.63) is 58.6 Å². The monoisotopic (exact) mass is 292 g/mol. The largest absolute Gasteiger partial charge is 0.398 e. The molecule has 4 N–H and O–H groups in total. The second-order valence-corrected chi connectivity index (χ2v) is 5.51. The Morgan fingerprint density at radius 2 is 1.84 bits per heavy atom. The van der Waals surface area contributed by atoms with Crippen LogP contribution in [0.15, 0.2) is 47.4 Å². The predicted molar refractivity (Wildman–Crippen MR) is 80.4 cm³/mol. The number of rotatable bonds is 4. The minimum atomic E-state index is -0.508. The first-order valence-corrected chi connectivity index (χ1v) is 6.99. The molecule has 98 valence electrons. The third-order valence-electron chi connectivity index (χ3n) is 2.61. The van der Waals surface area contributed by atoms with Crippen molar-refractivity contribution in [2.75, 3.05) is 5.73 Å². The van der Waals surface area contributed by atoms with Crippen molar-refractivity contribution in [2.24, 2.45) is 5.73 Å². The van der Waals surface area contributed by atoms with E-state index in [2.05, 4.69) is 0 Å². The molecule has 1 amide bonds. The van der Waals surface area contributed by atoms with Gasteiger partial charge in [-0.15, -0.1) is 11.8 Å². The number of thioether (sulfide) groups is 1. The molecule has 5 heteroatoms. The third-order valence-corrected chi connectivity index (χ3v) is 3.93. The molecule has 0 fully saturated rings. The Balaban J connectivity index is 2.09. The SMILES string of the molecule is NC(=O)c1cc(SCc2ccc(Cl)cc2)ccc1N. The quantitative estimate of drug-likeness (QED) is 0.671. The molecule has 3 nitrogen and oxygen atoms in total. The molecule has 2 rings (SSSR count). The molecule has 0 spiro atoms. The second kappa shape index (κ2) is 5.99. The van der Waals surface area contributed by atoms with Gasteiger partial charge in [-0.2, -0.15) is 0 Å². The highest BCUT2D eigenvalue weighted by Gasteiger charge is 2.07. The van der Waals surface area contributed by atoms with Gasteiger partial charge in [0.25, 0.3) is 5.91 Å². The van der Waals surface area contributed by atoms with Crippen LogP contribution < -0.4 is 11.5 Å². The van der Waals surface area contributed by atoms with Gasteiger partial charge in [-0.25, -0.2) is 0 Å². The molecule has 0 saturated heterocycles. The number of amides is 1. The number of carbonyl (C=O) groups is 1. The van der Waals surface area contributed by atoms with Gasteiger partial charge in [0, 0.05) is 21.4 Å². The van der Waals surface area contributed by atoms with Crippen LogP contribution in [0.5, 0.6) is 0 Å². The van der Waals surface area contributed by atoms with Gasteiger partial charge in [0.2, 0.25) is 0 Å². The van der Waals surface area contributed by atoms with E-state index in [0.717, 1.165) is 21.2 Å². The molecule has 0 aliphatic rings. The molecule has 0 aromatic heterocycles. The highest BCUT2D eigenvalue weighted by atomic mass is 35.5. The Bertz CT molecular complexity index is 599. The zero-order chi connectivity index (χ0) is 13.8. The van der Waals surface area contributed by atoms with E-state index in [1.165, 1.54) is 0 Å². The lowest BCUT2D eigenvalue weighted by molar-refractivity contribution is 0.100. The Hall–Kier alpha value is -1.65. The van der Waals surface area contributed by atoms with Crippen molar-refractivity contribution in [1.29, 1.82) is 0 Å². The molecule has 19 heavy (non-hydrogen) atoms. The van der Waals surface area contributed by atoms with Gasteiger partial charge in [-0.05, 0) is 35.9 Å². The number of benzene rings is 2. The Labute approximate surface area is 120 Å². The van der Waals surface area contributed by atoms with Crippen molar-refractivity contribution in [3.63, 3.8) is 0 Å². The minimum absolute atomic E-state index is 0.362. The van der Waals surface area contributed by atoms with Crippen LogP contribution in [-0.2, 0) is 5.75 Å². The second-order valence-electron chi connectivity index (χ2n) is 4.03. The average molecular weight is 293 g/mol. The number of nitrogen functional groups attached to an aromatic ring is 1. The standard InChI is InChI=1S/C14H13ClN2OS/c15-10-3-1-9(2-4-10)8-19-11-5-6-13(16)12(7-11)14(17)18/h1-7H,8,16H2,(H2,17,18). The van der Waals surface area contributed by atoms with Gasteiger partial charge in [-0.3, -0.25) is 4.79 Å². The fourth-order valence-electron chi connectivity index (χ4n) is 1.59. The topological polar surface area (TPSA) is 69.1 Å². The highest BCUT2D eigenvalue weighted by Crippen LogP contribution is 2.26.